The fourth-order valence-electron chi connectivity index (χ4n) is 1.96. The van der Waals surface area contributed by atoms with Crippen molar-refractivity contribution in [2.45, 2.75) is 50.7 Å². The van der Waals surface area contributed by atoms with Crippen molar-refractivity contribution in [3.05, 3.63) is 0 Å². The quantitative estimate of drug-likeness (QED) is 0.389. The molecule has 0 aromatic heterocycles. The number of hydrogen-bond acceptors (Lipinski definition) is 4. The monoisotopic (exact) mass is 294 g/mol. The van der Waals surface area contributed by atoms with E-state index >= 15 is 0 Å². The molecule has 0 bridgehead atoms. The van der Waals surface area contributed by atoms with E-state index in [4.69, 9.17) is 16.0 Å². The highest BCUT2D eigenvalue weighted by molar-refractivity contribution is 7.86. The molecule has 0 fully saturated rings. The van der Waals surface area contributed by atoms with E-state index in [1.54, 1.807) is 0 Å². The first-order chi connectivity index (χ1) is 8.70. The molecule has 0 aliphatic rings. The summed E-state index contributed by atoms with van der Waals surface area (Å²) >= 11 is 0. The standard InChI is InChI=1S/C11H22N2O5S/c1-2-3-4-5-6-8(11(13)15)9(7-10(12)14)19(16,17)18/h8-9H,2-7H2,1H3,(H2,12,14)(H2,13,15)(H,16,17,18). The molecule has 0 radical (unpaired) electrons. The lowest BCUT2D eigenvalue weighted by Gasteiger charge is -2.21. The summed E-state index contributed by atoms with van der Waals surface area (Å²) in [5, 5.41) is -1.55. The molecule has 0 aliphatic heterocycles. The fraction of sp³-hybridized carbons (Fsp3) is 0.818. The van der Waals surface area contributed by atoms with Crippen molar-refractivity contribution in [3.63, 3.8) is 0 Å². The molecule has 112 valence electrons. The maximum atomic E-state index is 11.3. The summed E-state index contributed by atoms with van der Waals surface area (Å²) in [6, 6.07) is 0. The Bertz CT molecular complexity index is 407. The van der Waals surface area contributed by atoms with Crippen LogP contribution in [0.25, 0.3) is 0 Å². The molecular formula is C11H22N2O5S. The van der Waals surface area contributed by atoms with E-state index in [2.05, 4.69) is 0 Å². The molecule has 2 atom stereocenters. The number of unbranched alkanes of at least 4 members (excludes halogenated alkanes) is 3. The Morgan fingerprint density at radius 3 is 2.11 bits per heavy atom. The highest BCUT2D eigenvalue weighted by Gasteiger charge is 2.36. The van der Waals surface area contributed by atoms with E-state index in [0.717, 1.165) is 19.3 Å². The molecule has 0 saturated carbocycles. The van der Waals surface area contributed by atoms with Crippen molar-refractivity contribution in [1.29, 1.82) is 0 Å². The van der Waals surface area contributed by atoms with Gasteiger partial charge in [0.15, 0.2) is 0 Å². The second-order valence-corrected chi connectivity index (χ2v) is 6.22. The van der Waals surface area contributed by atoms with Gasteiger partial charge >= 0.3 is 0 Å². The fourth-order valence-corrected chi connectivity index (χ4v) is 3.02. The topological polar surface area (TPSA) is 141 Å². The van der Waals surface area contributed by atoms with Gasteiger partial charge in [0.05, 0.1) is 5.92 Å². The van der Waals surface area contributed by atoms with Gasteiger partial charge in [-0.15, -0.1) is 0 Å². The Hall–Kier alpha value is -1.15. The van der Waals surface area contributed by atoms with Gasteiger partial charge in [0.2, 0.25) is 11.8 Å². The predicted molar refractivity (Wildman–Crippen MR) is 70.6 cm³/mol. The SMILES string of the molecule is CCCCCCC(C(N)=O)C(CC(N)=O)S(=O)(=O)O. The van der Waals surface area contributed by atoms with Crippen molar-refractivity contribution >= 4 is 21.9 Å². The van der Waals surface area contributed by atoms with E-state index in [-0.39, 0.29) is 6.42 Å². The maximum Gasteiger partial charge on any atom is 0.269 e. The molecule has 8 heteroatoms. The lowest BCUT2D eigenvalue weighted by Crippen LogP contribution is -2.41. The molecule has 5 N–H and O–H groups in total. The minimum absolute atomic E-state index is 0.215. The summed E-state index contributed by atoms with van der Waals surface area (Å²) in [7, 11) is -4.55. The van der Waals surface area contributed by atoms with Gasteiger partial charge in [-0.3, -0.25) is 14.1 Å². The Balaban J connectivity index is 4.87. The molecule has 7 nitrogen and oxygen atoms in total. The van der Waals surface area contributed by atoms with Gasteiger partial charge < -0.3 is 11.5 Å². The molecule has 2 amide bonds. The zero-order valence-corrected chi connectivity index (χ0v) is 11.9. The lowest BCUT2D eigenvalue weighted by molar-refractivity contribution is -0.122. The van der Waals surface area contributed by atoms with E-state index in [0.29, 0.717) is 6.42 Å². The third-order valence-electron chi connectivity index (χ3n) is 2.97. The third kappa shape index (κ3) is 7.12. The van der Waals surface area contributed by atoms with E-state index in [9.17, 15) is 18.0 Å². The summed E-state index contributed by atoms with van der Waals surface area (Å²) in [4.78, 5) is 22.2. The van der Waals surface area contributed by atoms with Crippen LogP contribution in [0.5, 0.6) is 0 Å². The van der Waals surface area contributed by atoms with Gasteiger partial charge in [0, 0.05) is 6.42 Å². The molecule has 0 spiro atoms. The van der Waals surface area contributed by atoms with Crippen molar-refractivity contribution < 1.29 is 22.6 Å². The van der Waals surface area contributed by atoms with Gasteiger partial charge in [-0.25, -0.2) is 0 Å². The van der Waals surface area contributed by atoms with Crippen LogP contribution in [0.3, 0.4) is 0 Å². The van der Waals surface area contributed by atoms with Gasteiger partial charge in [-0.05, 0) is 6.42 Å². The minimum Gasteiger partial charge on any atom is -0.370 e. The second kappa shape index (κ2) is 8.11. The van der Waals surface area contributed by atoms with Crippen molar-refractivity contribution in [2.24, 2.45) is 17.4 Å². The summed E-state index contributed by atoms with van der Waals surface area (Å²) in [5.74, 6) is -2.85. The Kier molecular flexibility index (Phi) is 7.62. The van der Waals surface area contributed by atoms with E-state index in [1.807, 2.05) is 6.92 Å². The number of primary amides is 2. The van der Waals surface area contributed by atoms with Crippen LogP contribution in [0.2, 0.25) is 0 Å². The molecule has 0 aromatic carbocycles. The minimum atomic E-state index is -4.55. The van der Waals surface area contributed by atoms with Gasteiger partial charge in [0.1, 0.15) is 5.25 Å². The number of carbonyl (C=O) groups is 2. The number of carbonyl (C=O) groups excluding carboxylic acids is 2. The average Bonchev–Trinajstić information content (AvgIpc) is 2.24. The molecule has 0 aromatic rings. The summed E-state index contributed by atoms with van der Waals surface area (Å²) < 4.78 is 31.6. The molecular weight excluding hydrogens is 272 g/mol. The lowest BCUT2D eigenvalue weighted by atomic mass is 9.94. The molecule has 2 unspecified atom stereocenters. The second-order valence-electron chi connectivity index (χ2n) is 4.58. The van der Waals surface area contributed by atoms with Crippen LogP contribution in [-0.2, 0) is 19.7 Å². The Morgan fingerprint density at radius 2 is 1.74 bits per heavy atom. The van der Waals surface area contributed by atoms with Gasteiger partial charge in [-0.2, -0.15) is 8.42 Å². The third-order valence-corrected chi connectivity index (χ3v) is 4.23. The van der Waals surface area contributed by atoms with Crippen LogP contribution >= 0.6 is 0 Å². The van der Waals surface area contributed by atoms with Crippen LogP contribution < -0.4 is 11.5 Å². The number of amides is 2. The van der Waals surface area contributed by atoms with E-state index < -0.39 is 39.5 Å². The molecule has 0 aliphatic carbocycles. The smallest absolute Gasteiger partial charge is 0.269 e. The van der Waals surface area contributed by atoms with Crippen LogP contribution in [0.1, 0.15) is 45.4 Å². The zero-order chi connectivity index (χ0) is 15.1. The molecule has 0 rings (SSSR count). The van der Waals surface area contributed by atoms with Gasteiger partial charge in [0.25, 0.3) is 10.1 Å². The average molecular weight is 294 g/mol. The van der Waals surface area contributed by atoms with Crippen molar-refractivity contribution in [1.82, 2.24) is 0 Å². The summed E-state index contributed by atoms with van der Waals surface area (Å²) in [5.41, 5.74) is 10.1. The normalized spacial score (nSPS) is 14.8. The van der Waals surface area contributed by atoms with Crippen LogP contribution in [0.4, 0.5) is 0 Å². The van der Waals surface area contributed by atoms with Crippen LogP contribution in [0, 0.1) is 5.92 Å². The van der Waals surface area contributed by atoms with E-state index in [1.165, 1.54) is 0 Å². The predicted octanol–water partition coefficient (Wildman–Crippen LogP) is 0.190. The van der Waals surface area contributed by atoms with Gasteiger partial charge in [-0.1, -0.05) is 32.6 Å². The van der Waals surface area contributed by atoms with Crippen LogP contribution in [0.15, 0.2) is 0 Å². The maximum absolute atomic E-state index is 11.3. The van der Waals surface area contributed by atoms with Crippen molar-refractivity contribution in [2.75, 3.05) is 0 Å². The first-order valence-electron chi connectivity index (χ1n) is 6.24. The highest BCUT2D eigenvalue weighted by Crippen LogP contribution is 2.22. The molecule has 19 heavy (non-hydrogen) atoms. The molecule has 0 saturated heterocycles. The summed E-state index contributed by atoms with van der Waals surface area (Å²) in [6.45, 7) is 2.01. The summed E-state index contributed by atoms with van der Waals surface area (Å²) in [6.07, 6.45) is 2.98. The molecule has 0 heterocycles. The number of nitrogens with two attached hydrogens (primary N) is 2. The number of rotatable bonds is 10. The highest BCUT2D eigenvalue weighted by atomic mass is 32.2. The largest absolute Gasteiger partial charge is 0.370 e. The van der Waals surface area contributed by atoms with Crippen LogP contribution in [-0.4, -0.2) is 30.0 Å². The van der Waals surface area contributed by atoms with Crippen molar-refractivity contribution in [3.8, 4) is 0 Å². The Morgan fingerprint density at radius 1 is 1.16 bits per heavy atom. The Labute approximate surface area is 113 Å². The first kappa shape index (κ1) is 17.8. The number of hydrogen-bond donors (Lipinski definition) is 3. The first-order valence-corrected chi connectivity index (χ1v) is 7.74. The zero-order valence-electron chi connectivity index (χ0n) is 11.0.